The van der Waals surface area contributed by atoms with Gasteiger partial charge in [0.25, 0.3) is 0 Å². The molecule has 0 saturated carbocycles. The van der Waals surface area contributed by atoms with Crippen molar-refractivity contribution >= 4 is 5.78 Å². The number of Topliss-reactive ketones (excluding diaryl/α,β-unsaturated/α-hetero) is 1. The molecule has 0 radical (unpaired) electrons. The van der Waals surface area contributed by atoms with E-state index in [1.807, 2.05) is 4.90 Å². The molecule has 16 heavy (non-hydrogen) atoms. The van der Waals surface area contributed by atoms with Crippen LogP contribution in [-0.4, -0.2) is 51.5 Å². The Kier molecular flexibility index (Phi) is 3.58. The summed E-state index contributed by atoms with van der Waals surface area (Å²) in [5.41, 5.74) is 0.391. The molecule has 1 fully saturated rings. The smallest absolute Gasteiger partial charge is 0.196 e. The van der Waals surface area contributed by atoms with Crippen molar-refractivity contribution in [2.75, 3.05) is 19.6 Å². The Labute approximate surface area is 94.1 Å². The maximum Gasteiger partial charge on any atom is 0.196 e. The Morgan fingerprint density at radius 2 is 2.44 bits per heavy atom. The van der Waals surface area contributed by atoms with Crippen LogP contribution in [-0.2, 0) is 0 Å². The molecule has 0 spiro atoms. The van der Waals surface area contributed by atoms with Gasteiger partial charge in [0.15, 0.2) is 5.78 Å². The van der Waals surface area contributed by atoms with E-state index < -0.39 is 0 Å². The average Bonchev–Trinajstić information content (AvgIpc) is 2.30. The zero-order valence-electron chi connectivity index (χ0n) is 9.04. The van der Waals surface area contributed by atoms with Crippen LogP contribution in [0.4, 0.5) is 0 Å². The van der Waals surface area contributed by atoms with Gasteiger partial charge in [0.05, 0.1) is 18.8 Å². The first-order valence-corrected chi connectivity index (χ1v) is 5.45. The Bertz CT molecular complexity index is 356. The van der Waals surface area contributed by atoms with Gasteiger partial charge in [-0.05, 0) is 19.4 Å². The predicted octanol–water partition coefficient (Wildman–Crippen LogP) is 0.116. The van der Waals surface area contributed by atoms with Gasteiger partial charge in [0, 0.05) is 18.9 Å². The van der Waals surface area contributed by atoms with Gasteiger partial charge >= 0.3 is 0 Å². The summed E-state index contributed by atoms with van der Waals surface area (Å²) in [5.74, 6) is -0.0396. The van der Waals surface area contributed by atoms with E-state index in [1.165, 1.54) is 12.4 Å². The maximum atomic E-state index is 11.8. The van der Waals surface area contributed by atoms with Gasteiger partial charge in [-0.1, -0.05) is 0 Å². The quantitative estimate of drug-likeness (QED) is 0.734. The lowest BCUT2D eigenvalue weighted by molar-refractivity contribution is 0.0631. The summed E-state index contributed by atoms with van der Waals surface area (Å²) >= 11 is 0. The zero-order valence-corrected chi connectivity index (χ0v) is 9.04. The monoisotopic (exact) mass is 221 g/mol. The Morgan fingerprint density at radius 3 is 3.12 bits per heavy atom. The van der Waals surface area contributed by atoms with Crippen molar-refractivity contribution in [2.24, 2.45) is 0 Å². The first-order valence-electron chi connectivity index (χ1n) is 5.45. The lowest BCUT2D eigenvalue weighted by Crippen LogP contribution is -2.41. The molecule has 2 rings (SSSR count). The molecule has 1 aromatic rings. The Balaban J connectivity index is 1.92. The van der Waals surface area contributed by atoms with Gasteiger partial charge in [-0.3, -0.25) is 14.7 Å². The number of β-amino-alcohol motifs (C(OH)–C–C–N with tert-alkyl or cyclic N) is 1. The molecule has 1 saturated heterocycles. The highest BCUT2D eigenvalue weighted by atomic mass is 16.3. The van der Waals surface area contributed by atoms with Gasteiger partial charge < -0.3 is 5.11 Å². The molecular formula is C11H15N3O2. The van der Waals surface area contributed by atoms with Crippen LogP contribution in [0.15, 0.2) is 18.6 Å². The van der Waals surface area contributed by atoms with Crippen molar-refractivity contribution < 1.29 is 9.90 Å². The molecule has 5 heteroatoms. The molecule has 0 aliphatic carbocycles. The molecule has 1 aliphatic rings. The van der Waals surface area contributed by atoms with Crippen molar-refractivity contribution in [1.29, 1.82) is 0 Å². The second kappa shape index (κ2) is 5.14. The number of rotatable bonds is 3. The number of nitrogens with zero attached hydrogens (tertiary/aromatic N) is 3. The van der Waals surface area contributed by atoms with Gasteiger partial charge in [-0.2, -0.15) is 0 Å². The van der Waals surface area contributed by atoms with E-state index in [9.17, 15) is 9.90 Å². The van der Waals surface area contributed by atoms with Gasteiger partial charge in [-0.25, -0.2) is 4.98 Å². The van der Waals surface area contributed by atoms with Crippen molar-refractivity contribution in [1.82, 2.24) is 14.9 Å². The lowest BCUT2D eigenvalue weighted by Gasteiger charge is -2.29. The minimum absolute atomic E-state index is 0.0396. The summed E-state index contributed by atoms with van der Waals surface area (Å²) in [4.78, 5) is 21.6. The van der Waals surface area contributed by atoms with Crippen LogP contribution >= 0.6 is 0 Å². The van der Waals surface area contributed by atoms with E-state index in [0.717, 1.165) is 19.4 Å². The molecule has 5 nitrogen and oxygen atoms in total. The second-order valence-electron chi connectivity index (χ2n) is 4.04. The molecule has 86 valence electrons. The van der Waals surface area contributed by atoms with Crippen molar-refractivity contribution in [2.45, 2.75) is 18.9 Å². The fraction of sp³-hybridized carbons (Fsp3) is 0.545. The van der Waals surface area contributed by atoms with Crippen molar-refractivity contribution in [3.63, 3.8) is 0 Å². The fourth-order valence-corrected chi connectivity index (χ4v) is 1.90. The average molecular weight is 221 g/mol. The number of hydrogen-bond donors (Lipinski definition) is 1. The summed E-state index contributed by atoms with van der Waals surface area (Å²) in [6, 6.07) is 0. The van der Waals surface area contributed by atoms with Crippen LogP contribution in [0.3, 0.4) is 0 Å². The summed E-state index contributed by atoms with van der Waals surface area (Å²) in [7, 11) is 0. The van der Waals surface area contributed by atoms with E-state index in [-0.39, 0.29) is 11.9 Å². The minimum atomic E-state index is -0.302. The van der Waals surface area contributed by atoms with E-state index in [0.29, 0.717) is 18.8 Å². The second-order valence-corrected chi connectivity index (χ2v) is 4.04. The molecule has 1 aliphatic heterocycles. The molecule has 1 atom stereocenters. The van der Waals surface area contributed by atoms with Crippen molar-refractivity contribution in [3.8, 4) is 0 Å². The summed E-state index contributed by atoms with van der Waals surface area (Å²) < 4.78 is 0. The molecule has 0 amide bonds. The lowest BCUT2D eigenvalue weighted by atomic mass is 10.1. The third-order valence-electron chi connectivity index (χ3n) is 2.70. The van der Waals surface area contributed by atoms with Gasteiger partial charge in [0.1, 0.15) is 5.69 Å². The number of aromatic nitrogens is 2. The van der Waals surface area contributed by atoms with Crippen LogP contribution in [0.1, 0.15) is 23.3 Å². The molecule has 2 heterocycles. The predicted molar refractivity (Wildman–Crippen MR) is 58.0 cm³/mol. The van der Waals surface area contributed by atoms with Crippen LogP contribution in [0.25, 0.3) is 0 Å². The van der Waals surface area contributed by atoms with E-state index in [1.54, 1.807) is 6.20 Å². The SMILES string of the molecule is O=C(CN1CCC[C@H](O)C1)c1cnccn1. The first kappa shape index (κ1) is 11.2. The van der Waals surface area contributed by atoms with Crippen LogP contribution in [0.5, 0.6) is 0 Å². The summed E-state index contributed by atoms with van der Waals surface area (Å²) in [6.45, 7) is 1.75. The van der Waals surface area contributed by atoms with E-state index in [2.05, 4.69) is 9.97 Å². The molecular weight excluding hydrogens is 206 g/mol. The maximum absolute atomic E-state index is 11.8. The van der Waals surface area contributed by atoms with E-state index in [4.69, 9.17) is 0 Å². The Hall–Kier alpha value is -1.33. The largest absolute Gasteiger partial charge is 0.392 e. The number of hydrogen-bond acceptors (Lipinski definition) is 5. The van der Waals surface area contributed by atoms with Crippen LogP contribution in [0.2, 0.25) is 0 Å². The fourth-order valence-electron chi connectivity index (χ4n) is 1.90. The third kappa shape index (κ3) is 2.84. The third-order valence-corrected chi connectivity index (χ3v) is 2.70. The van der Waals surface area contributed by atoms with Gasteiger partial charge in [0.2, 0.25) is 0 Å². The number of aliphatic hydroxyl groups is 1. The standard InChI is InChI=1S/C11H15N3O2/c15-9-2-1-5-14(7-9)8-11(16)10-6-12-3-4-13-10/h3-4,6,9,15H,1-2,5,7-8H2/t9-/m0/s1. The minimum Gasteiger partial charge on any atom is -0.392 e. The first-order chi connectivity index (χ1) is 7.75. The van der Waals surface area contributed by atoms with Crippen LogP contribution in [0, 0.1) is 0 Å². The normalized spacial score (nSPS) is 21.9. The summed E-state index contributed by atoms with van der Waals surface area (Å²) in [6.07, 6.45) is 6.00. The molecule has 1 aromatic heterocycles. The van der Waals surface area contributed by atoms with Crippen molar-refractivity contribution in [3.05, 3.63) is 24.3 Å². The highest BCUT2D eigenvalue weighted by molar-refractivity contribution is 5.95. The number of ketones is 1. The van der Waals surface area contributed by atoms with E-state index >= 15 is 0 Å². The highest BCUT2D eigenvalue weighted by Crippen LogP contribution is 2.10. The number of carbonyl (C=O) groups is 1. The number of likely N-dealkylation sites (tertiary alicyclic amines) is 1. The molecule has 0 bridgehead atoms. The number of piperidine rings is 1. The summed E-state index contributed by atoms with van der Waals surface area (Å²) in [5, 5.41) is 9.48. The molecule has 0 unspecified atom stereocenters. The topological polar surface area (TPSA) is 66.3 Å². The molecule has 1 N–H and O–H groups in total. The Morgan fingerprint density at radius 1 is 1.56 bits per heavy atom. The number of carbonyl (C=O) groups excluding carboxylic acids is 1. The van der Waals surface area contributed by atoms with Gasteiger partial charge in [-0.15, -0.1) is 0 Å². The highest BCUT2D eigenvalue weighted by Gasteiger charge is 2.20. The molecule has 0 aromatic carbocycles. The number of aliphatic hydroxyl groups excluding tert-OH is 1. The zero-order chi connectivity index (χ0) is 11.4. The van der Waals surface area contributed by atoms with Crippen LogP contribution < -0.4 is 0 Å².